The normalized spacial score (nSPS) is 9.80. The molecule has 4 nitrogen and oxygen atoms in total. The van der Waals surface area contributed by atoms with Gasteiger partial charge in [0.05, 0.1) is 16.1 Å². The Hall–Kier alpha value is -2.51. The number of benzene rings is 2. The van der Waals surface area contributed by atoms with Crippen molar-refractivity contribution in [2.45, 2.75) is 6.54 Å². The zero-order chi connectivity index (χ0) is 14.5. The number of rotatable bonds is 4. The maximum Gasteiger partial charge on any atom is 0.335 e. The van der Waals surface area contributed by atoms with Crippen LogP contribution in [0, 0.1) is 11.3 Å². The van der Waals surface area contributed by atoms with Crippen LogP contribution >= 0.6 is 11.6 Å². The van der Waals surface area contributed by atoms with Gasteiger partial charge in [0.2, 0.25) is 0 Å². The van der Waals surface area contributed by atoms with E-state index in [0.29, 0.717) is 17.1 Å². The molecule has 0 radical (unpaired) electrons. The number of aromatic carboxylic acids is 1. The minimum atomic E-state index is -0.951. The Morgan fingerprint density at radius 1 is 1.30 bits per heavy atom. The highest BCUT2D eigenvalue weighted by Gasteiger charge is 2.04. The first kappa shape index (κ1) is 13.9. The van der Waals surface area contributed by atoms with E-state index in [0.717, 1.165) is 11.3 Å². The van der Waals surface area contributed by atoms with Crippen LogP contribution in [0.5, 0.6) is 0 Å². The summed E-state index contributed by atoms with van der Waals surface area (Å²) < 4.78 is 0. The monoisotopic (exact) mass is 286 g/mol. The van der Waals surface area contributed by atoms with E-state index in [9.17, 15) is 4.79 Å². The average molecular weight is 287 g/mol. The Balaban J connectivity index is 2.09. The van der Waals surface area contributed by atoms with Crippen LogP contribution in [0.1, 0.15) is 21.5 Å². The first-order valence-corrected chi connectivity index (χ1v) is 6.23. The molecule has 0 amide bonds. The van der Waals surface area contributed by atoms with E-state index >= 15 is 0 Å². The summed E-state index contributed by atoms with van der Waals surface area (Å²) in [6.07, 6.45) is 0. The number of carbonyl (C=O) groups is 1. The largest absolute Gasteiger partial charge is 0.478 e. The quantitative estimate of drug-likeness (QED) is 0.902. The number of carboxylic acid groups (broad SMARTS) is 1. The molecule has 0 saturated carbocycles. The summed E-state index contributed by atoms with van der Waals surface area (Å²) in [6.45, 7) is 0.476. The second kappa shape index (κ2) is 6.09. The van der Waals surface area contributed by atoms with E-state index in [1.807, 2.05) is 12.1 Å². The molecule has 2 aromatic rings. The highest BCUT2D eigenvalue weighted by atomic mass is 35.5. The molecule has 0 aliphatic rings. The van der Waals surface area contributed by atoms with Gasteiger partial charge in [-0.25, -0.2) is 4.79 Å². The number of carboxylic acids is 1. The molecule has 0 fully saturated rings. The molecule has 2 rings (SSSR count). The summed E-state index contributed by atoms with van der Waals surface area (Å²) in [7, 11) is 0. The molecule has 5 heteroatoms. The molecule has 20 heavy (non-hydrogen) atoms. The molecule has 0 bridgehead atoms. The zero-order valence-electron chi connectivity index (χ0n) is 10.4. The summed E-state index contributed by atoms with van der Waals surface area (Å²) in [5.74, 6) is -0.951. The smallest absolute Gasteiger partial charge is 0.335 e. The molecule has 100 valence electrons. The van der Waals surface area contributed by atoms with Crippen LogP contribution in [-0.4, -0.2) is 11.1 Å². The van der Waals surface area contributed by atoms with Gasteiger partial charge in [0.15, 0.2) is 0 Å². The fourth-order valence-electron chi connectivity index (χ4n) is 1.73. The maximum atomic E-state index is 10.9. The fourth-order valence-corrected chi connectivity index (χ4v) is 1.96. The van der Waals surface area contributed by atoms with E-state index in [1.54, 1.807) is 36.4 Å². The summed E-state index contributed by atoms with van der Waals surface area (Å²) in [5, 5.41) is 21.2. The van der Waals surface area contributed by atoms with Crippen LogP contribution in [0.25, 0.3) is 0 Å². The van der Waals surface area contributed by atoms with Gasteiger partial charge >= 0.3 is 5.97 Å². The maximum absolute atomic E-state index is 10.9. The van der Waals surface area contributed by atoms with E-state index in [2.05, 4.69) is 5.32 Å². The SMILES string of the molecule is N#Cc1ccc(NCc2cccc(C(=O)O)c2)cc1Cl. The van der Waals surface area contributed by atoms with Crippen molar-refractivity contribution in [1.82, 2.24) is 0 Å². The van der Waals surface area contributed by atoms with Crippen molar-refractivity contribution in [3.05, 3.63) is 64.2 Å². The lowest BCUT2D eigenvalue weighted by molar-refractivity contribution is 0.0697. The third-order valence-electron chi connectivity index (χ3n) is 2.76. The molecule has 0 atom stereocenters. The lowest BCUT2D eigenvalue weighted by Crippen LogP contribution is -2.02. The molecule has 0 heterocycles. The van der Waals surface area contributed by atoms with E-state index < -0.39 is 5.97 Å². The van der Waals surface area contributed by atoms with Gasteiger partial charge in [0.1, 0.15) is 6.07 Å². The van der Waals surface area contributed by atoms with Crippen molar-refractivity contribution >= 4 is 23.3 Å². The lowest BCUT2D eigenvalue weighted by atomic mass is 10.1. The lowest BCUT2D eigenvalue weighted by Gasteiger charge is -2.08. The number of hydrogen-bond acceptors (Lipinski definition) is 3. The number of nitriles is 1. The molecule has 2 N–H and O–H groups in total. The van der Waals surface area contributed by atoms with Gasteiger partial charge < -0.3 is 10.4 Å². The predicted octanol–water partition coefficient (Wildman–Crippen LogP) is 3.52. The van der Waals surface area contributed by atoms with Gasteiger partial charge in [-0.3, -0.25) is 0 Å². The first-order chi connectivity index (χ1) is 9.60. The minimum Gasteiger partial charge on any atom is -0.478 e. The summed E-state index contributed by atoms with van der Waals surface area (Å²) >= 11 is 5.94. The van der Waals surface area contributed by atoms with Crippen molar-refractivity contribution in [2.24, 2.45) is 0 Å². The van der Waals surface area contributed by atoms with Crippen LogP contribution in [0.3, 0.4) is 0 Å². The molecule has 0 aliphatic carbocycles. The van der Waals surface area contributed by atoms with Crippen molar-refractivity contribution in [1.29, 1.82) is 5.26 Å². The number of nitrogens with one attached hydrogen (secondary N) is 1. The van der Waals surface area contributed by atoms with Gasteiger partial charge in [-0.05, 0) is 35.9 Å². The van der Waals surface area contributed by atoms with E-state index in [-0.39, 0.29) is 5.56 Å². The third kappa shape index (κ3) is 3.28. The average Bonchev–Trinajstić information content (AvgIpc) is 2.45. The highest BCUT2D eigenvalue weighted by Crippen LogP contribution is 2.20. The van der Waals surface area contributed by atoms with Gasteiger partial charge in [-0.2, -0.15) is 5.26 Å². The van der Waals surface area contributed by atoms with E-state index in [4.69, 9.17) is 22.0 Å². The standard InChI is InChI=1S/C15H11ClN2O2/c16-14-7-13(5-4-12(14)8-17)18-9-10-2-1-3-11(6-10)15(19)20/h1-7,18H,9H2,(H,19,20). The van der Waals surface area contributed by atoms with Crippen LogP contribution in [0.2, 0.25) is 5.02 Å². The minimum absolute atomic E-state index is 0.252. The van der Waals surface area contributed by atoms with Gasteiger partial charge in [0, 0.05) is 12.2 Å². The van der Waals surface area contributed by atoms with Crippen LogP contribution in [0.4, 0.5) is 5.69 Å². The first-order valence-electron chi connectivity index (χ1n) is 5.86. The second-order valence-electron chi connectivity index (χ2n) is 4.17. The topological polar surface area (TPSA) is 73.1 Å². The van der Waals surface area contributed by atoms with Crippen LogP contribution in [0.15, 0.2) is 42.5 Å². The Kier molecular flexibility index (Phi) is 4.24. The van der Waals surface area contributed by atoms with Crippen molar-refractivity contribution in [3.63, 3.8) is 0 Å². The van der Waals surface area contributed by atoms with Crippen molar-refractivity contribution in [2.75, 3.05) is 5.32 Å². The summed E-state index contributed by atoms with van der Waals surface area (Å²) in [6, 6.07) is 13.7. The zero-order valence-corrected chi connectivity index (χ0v) is 11.2. The Bertz CT molecular complexity index is 693. The van der Waals surface area contributed by atoms with Crippen LogP contribution < -0.4 is 5.32 Å². The number of anilines is 1. The Morgan fingerprint density at radius 2 is 2.10 bits per heavy atom. The van der Waals surface area contributed by atoms with Crippen LogP contribution in [-0.2, 0) is 6.54 Å². The molecular weight excluding hydrogens is 276 g/mol. The predicted molar refractivity (Wildman–Crippen MR) is 76.9 cm³/mol. The molecule has 0 saturated heterocycles. The Labute approximate surface area is 121 Å². The number of nitrogens with zero attached hydrogens (tertiary/aromatic N) is 1. The highest BCUT2D eigenvalue weighted by molar-refractivity contribution is 6.32. The fraction of sp³-hybridized carbons (Fsp3) is 0.0667. The van der Waals surface area contributed by atoms with Gasteiger partial charge in [-0.1, -0.05) is 23.7 Å². The molecular formula is C15H11ClN2O2. The van der Waals surface area contributed by atoms with Gasteiger partial charge in [-0.15, -0.1) is 0 Å². The molecule has 0 aromatic heterocycles. The van der Waals surface area contributed by atoms with Crippen molar-refractivity contribution in [3.8, 4) is 6.07 Å². The molecule has 0 unspecified atom stereocenters. The Morgan fingerprint density at radius 3 is 2.75 bits per heavy atom. The van der Waals surface area contributed by atoms with E-state index in [1.165, 1.54) is 0 Å². The van der Waals surface area contributed by atoms with Gasteiger partial charge in [0.25, 0.3) is 0 Å². The van der Waals surface area contributed by atoms with Crippen molar-refractivity contribution < 1.29 is 9.90 Å². The molecule has 0 aliphatic heterocycles. The second-order valence-corrected chi connectivity index (χ2v) is 4.57. The number of halogens is 1. The number of hydrogen-bond donors (Lipinski definition) is 2. The molecule has 0 spiro atoms. The summed E-state index contributed by atoms with van der Waals surface area (Å²) in [5.41, 5.74) is 2.30. The summed E-state index contributed by atoms with van der Waals surface area (Å²) in [4.78, 5) is 10.9. The third-order valence-corrected chi connectivity index (χ3v) is 3.07. The molecule has 2 aromatic carbocycles.